The van der Waals surface area contributed by atoms with Crippen molar-refractivity contribution in [1.29, 1.82) is 0 Å². The number of aromatic amines is 1. The first-order valence-electron chi connectivity index (χ1n) is 11.5. The lowest BCUT2D eigenvalue weighted by molar-refractivity contribution is 1.04. The van der Waals surface area contributed by atoms with Crippen molar-refractivity contribution in [2.75, 3.05) is 5.32 Å². The maximum Gasteiger partial charge on any atom is 0.209 e. The summed E-state index contributed by atoms with van der Waals surface area (Å²) in [5, 5.41) is 4.72. The molecule has 0 amide bonds. The molecule has 6 nitrogen and oxygen atoms in total. The van der Waals surface area contributed by atoms with Crippen LogP contribution in [0.25, 0.3) is 44.6 Å². The highest BCUT2D eigenvalue weighted by molar-refractivity contribution is 6.35. The summed E-state index contributed by atoms with van der Waals surface area (Å²) >= 11 is 6.58. The number of pyridine rings is 2. The summed E-state index contributed by atoms with van der Waals surface area (Å²) in [6.07, 6.45) is 1.71. The van der Waals surface area contributed by atoms with Gasteiger partial charge in [0, 0.05) is 40.2 Å². The molecule has 3 aromatic carbocycles. The number of H-pyrrole nitrogens is 1. The van der Waals surface area contributed by atoms with Crippen molar-refractivity contribution in [2.24, 2.45) is 0 Å². The number of aromatic nitrogens is 4. The van der Waals surface area contributed by atoms with Crippen LogP contribution in [0.15, 0.2) is 102 Å². The Morgan fingerprint density at radius 1 is 0.778 bits per heavy atom. The van der Waals surface area contributed by atoms with E-state index in [9.17, 15) is 4.79 Å². The Kier molecular flexibility index (Phi) is 5.64. The molecule has 0 spiro atoms. The van der Waals surface area contributed by atoms with Crippen LogP contribution in [-0.2, 0) is 6.54 Å². The van der Waals surface area contributed by atoms with Gasteiger partial charge in [-0.2, -0.15) is 0 Å². The average Bonchev–Trinajstić information content (AvgIpc) is 2.92. The van der Waals surface area contributed by atoms with Crippen molar-refractivity contribution >= 4 is 39.4 Å². The van der Waals surface area contributed by atoms with E-state index in [-0.39, 0.29) is 10.9 Å². The topological polar surface area (TPSA) is 83.6 Å². The number of benzene rings is 3. The molecular weight excluding hydrogens is 470 g/mol. The maximum absolute atomic E-state index is 13.1. The zero-order valence-corrected chi connectivity index (χ0v) is 19.8. The van der Waals surface area contributed by atoms with Gasteiger partial charge in [0.1, 0.15) is 0 Å². The zero-order valence-electron chi connectivity index (χ0n) is 19.1. The van der Waals surface area contributed by atoms with E-state index in [1.54, 1.807) is 12.3 Å². The van der Waals surface area contributed by atoms with E-state index in [1.165, 1.54) is 0 Å². The number of anilines is 1. The molecule has 2 N–H and O–H groups in total. The minimum atomic E-state index is -0.199. The molecule has 0 saturated heterocycles. The Morgan fingerprint density at radius 3 is 2.33 bits per heavy atom. The van der Waals surface area contributed by atoms with Crippen molar-refractivity contribution in [3.63, 3.8) is 0 Å². The van der Waals surface area contributed by atoms with Gasteiger partial charge in [-0.3, -0.25) is 9.78 Å². The van der Waals surface area contributed by atoms with E-state index in [2.05, 4.69) is 15.3 Å². The first-order valence-corrected chi connectivity index (χ1v) is 11.9. The molecule has 0 aliphatic heterocycles. The smallest absolute Gasteiger partial charge is 0.209 e. The van der Waals surface area contributed by atoms with Gasteiger partial charge in [0.05, 0.1) is 28.5 Å². The van der Waals surface area contributed by atoms with Crippen molar-refractivity contribution in [3.8, 4) is 22.5 Å². The third-order valence-electron chi connectivity index (χ3n) is 5.95. The quantitative estimate of drug-likeness (QED) is 0.290. The SMILES string of the molecule is O=c1cc(CNc2ccccc2)[nH]c2nc(-c3ccccc3)c(-c3cc(Cl)c4ncccc4c3)nc12. The van der Waals surface area contributed by atoms with E-state index < -0.39 is 0 Å². The highest BCUT2D eigenvalue weighted by atomic mass is 35.5. The van der Waals surface area contributed by atoms with Gasteiger partial charge in [0.15, 0.2) is 11.2 Å². The van der Waals surface area contributed by atoms with Crippen LogP contribution in [0, 0.1) is 0 Å². The molecule has 7 heteroatoms. The molecule has 36 heavy (non-hydrogen) atoms. The Morgan fingerprint density at radius 2 is 1.53 bits per heavy atom. The molecule has 6 aromatic rings. The van der Waals surface area contributed by atoms with Crippen LogP contribution >= 0.6 is 11.6 Å². The summed E-state index contributed by atoms with van der Waals surface area (Å²) in [4.78, 5) is 30.5. The van der Waals surface area contributed by atoms with Gasteiger partial charge in [-0.05, 0) is 30.3 Å². The van der Waals surface area contributed by atoms with Gasteiger partial charge in [-0.1, -0.05) is 66.2 Å². The Balaban J connectivity index is 1.52. The fourth-order valence-corrected chi connectivity index (χ4v) is 4.52. The standard InChI is InChI=1S/C29H20ClN5O/c30-23-15-20(14-19-10-7-13-31-25(19)23)27-26(18-8-3-1-4-9-18)35-29-28(34-27)24(36)16-22(33-29)17-32-21-11-5-2-6-12-21/h1-16,32H,17H2,(H,33,35,36). The molecule has 0 aliphatic rings. The molecule has 3 aromatic heterocycles. The molecule has 6 rings (SSSR count). The summed E-state index contributed by atoms with van der Waals surface area (Å²) < 4.78 is 0. The maximum atomic E-state index is 13.1. The monoisotopic (exact) mass is 489 g/mol. The van der Waals surface area contributed by atoms with Crippen LogP contribution in [0.5, 0.6) is 0 Å². The number of hydrogen-bond acceptors (Lipinski definition) is 5. The van der Waals surface area contributed by atoms with Crippen LogP contribution < -0.4 is 10.7 Å². The first kappa shape index (κ1) is 21.9. The Labute approximate surface area is 211 Å². The average molecular weight is 490 g/mol. The third kappa shape index (κ3) is 4.19. The zero-order chi connectivity index (χ0) is 24.5. The lowest BCUT2D eigenvalue weighted by atomic mass is 10.0. The Hall–Kier alpha value is -4.55. The highest BCUT2D eigenvalue weighted by Crippen LogP contribution is 2.34. The van der Waals surface area contributed by atoms with E-state index in [0.29, 0.717) is 34.1 Å². The van der Waals surface area contributed by atoms with Gasteiger partial charge >= 0.3 is 0 Å². The predicted octanol–water partition coefficient (Wildman–Crippen LogP) is 6.47. The van der Waals surface area contributed by atoms with Gasteiger partial charge in [0.2, 0.25) is 5.43 Å². The summed E-state index contributed by atoms with van der Waals surface area (Å²) in [7, 11) is 0. The summed E-state index contributed by atoms with van der Waals surface area (Å²) in [6, 6.07) is 28.8. The molecule has 174 valence electrons. The molecule has 0 unspecified atom stereocenters. The molecule has 0 radical (unpaired) electrons. The van der Waals surface area contributed by atoms with E-state index in [1.807, 2.05) is 84.9 Å². The van der Waals surface area contributed by atoms with Gasteiger partial charge in [-0.15, -0.1) is 0 Å². The minimum Gasteiger partial charge on any atom is -0.379 e. The molecule has 0 atom stereocenters. The van der Waals surface area contributed by atoms with Crippen molar-refractivity contribution in [1.82, 2.24) is 19.9 Å². The molecule has 0 aliphatic carbocycles. The van der Waals surface area contributed by atoms with Crippen LogP contribution in [-0.4, -0.2) is 19.9 Å². The fourth-order valence-electron chi connectivity index (χ4n) is 4.24. The fraction of sp³-hybridized carbons (Fsp3) is 0.0345. The second kappa shape index (κ2) is 9.24. The summed E-state index contributed by atoms with van der Waals surface area (Å²) in [6.45, 7) is 0.451. The summed E-state index contributed by atoms with van der Waals surface area (Å²) in [5.41, 5.74) is 5.81. The second-order valence-corrected chi connectivity index (χ2v) is 8.80. The van der Waals surface area contributed by atoms with Crippen LogP contribution in [0.4, 0.5) is 5.69 Å². The number of para-hydroxylation sites is 1. The van der Waals surface area contributed by atoms with Crippen LogP contribution in [0.1, 0.15) is 5.69 Å². The lowest BCUT2D eigenvalue weighted by Gasteiger charge is -2.13. The number of halogens is 1. The highest BCUT2D eigenvalue weighted by Gasteiger charge is 2.17. The second-order valence-electron chi connectivity index (χ2n) is 8.40. The molecule has 0 bridgehead atoms. The number of rotatable bonds is 5. The molecule has 0 fully saturated rings. The third-order valence-corrected chi connectivity index (χ3v) is 6.24. The normalized spacial score (nSPS) is 11.1. The van der Waals surface area contributed by atoms with Crippen LogP contribution in [0.2, 0.25) is 5.02 Å². The van der Waals surface area contributed by atoms with Crippen molar-refractivity contribution < 1.29 is 0 Å². The molecular formula is C29H20ClN5O. The number of nitrogens with zero attached hydrogens (tertiary/aromatic N) is 3. The largest absolute Gasteiger partial charge is 0.379 e. The van der Waals surface area contributed by atoms with E-state index in [0.717, 1.165) is 27.9 Å². The number of hydrogen-bond donors (Lipinski definition) is 2. The van der Waals surface area contributed by atoms with Crippen molar-refractivity contribution in [2.45, 2.75) is 6.54 Å². The Bertz CT molecular complexity index is 1770. The van der Waals surface area contributed by atoms with Gasteiger partial charge < -0.3 is 10.3 Å². The van der Waals surface area contributed by atoms with Crippen LogP contribution in [0.3, 0.4) is 0 Å². The summed E-state index contributed by atoms with van der Waals surface area (Å²) in [5.74, 6) is 0. The van der Waals surface area contributed by atoms with E-state index in [4.69, 9.17) is 21.6 Å². The number of fused-ring (bicyclic) bond motifs is 2. The lowest BCUT2D eigenvalue weighted by Crippen LogP contribution is -2.12. The van der Waals surface area contributed by atoms with Gasteiger partial charge in [0.25, 0.3) is 0 Å². The predicted molar refractivity (Wildman–Crippen MR) is 145 cm³/mol. The van der Waals surface area contributed by atoms with E-state index >= 15 is 0 Å². The van der Waals surface area contributed by atoms with Crippen molar-refractivity contribution in [3.05, 3.63) is 118 Å². The van der Waals surface area contributed by atoms with Gasteiger partial charge in [-0.25, -0.2) is 9.97 Å². The molecule has 0 saturated carbocycles. The first-order chi connectivity index (χ1) is 17.7. The molecule has 3 heterocycles. The minimum absolute atomic E-state index is 0.199. The number of nitrogens with one attached hydrogen (secondary N) is 2.